The summed E-state index contributed by atoms with van der Waals surface area (Å²) in [4.78, 5) is 6.74. The van der Waals surface area contributed by atoms with E-state index in [9.17, 15) is 0 Å². The second-order valence-electron chi connectivity index (χ2n) is 5.51. The molecule has 1 aliphatic heterocycles. The van der Waals surface area contributed by atoms with Gasteiger partial charge in [-0.1, -0.05) is 30.3 Å². The number of halogens is 2. The van der Waals surface area contributed by atoms with E-state index in [0.29, 0.717) is 11.8 Å². The van der Waals surface area contributed by atoms with Gasteiger partial charge in [-0.15, -0.1) is 24.8 Å². The number of nitrogens with two attached hydrogens (primary N) is 1. The zero-order valence-electron chi connectivity index (χ0n) is 12.6. The van der Waals surface area contributed by atoms with Crippen LogP contribution in [0.1, 0.15) is 17.3 Å². The second-order valence-corrected chi connectivity index (χ2v) is 5.51. The molecule has 1 saturated heterocycles. The maximum absolute atomic E-state index is 5.97. The van der Waals surface area contributed by atoms with E-state index in [-0.39, 0.29) is 24.8 Å². The lowest BCUT2D eigenvalue weighted by Crippen LogP contribution is -2.24. The molecule has 7 heteroatoms. The first-order valence-electron chi connectivity index (χ1n) is 7.08. The van der Waals surface area contributed by atoms with Gasteiger partial charge in [-0.25, -0.2) is 4.98 Å². The largest absolute Gasteiger partial charge is 0.330 e. The second kappa shape index (κ2) is 8.48. The van der Waals surface area contributed by atoms with Gasteiger partial charge in [-0.3, -0.25) is 9.58 Å². The normalized spacial score (nSPS) is 21.2. The van der Waals surface area contributed by atoms with Gasteiger partial charge in [0.05, 0.1) is 6.54 Å². The summed E-state index contributed by atoms with van der Waals surface area (Å²) in [5.41, 5.74) is 7.36. The third-order valence-electron chi connectivity index (χ3n) is 4.22. The molecule has 1 aliphatic rings. The quantitative estimate of drug-likeness (QED) is 0.919. The minimum absolute atomic E-state index is 0. The molecule has 22 heavy (non-hydrogen) atoms. The van der Waals surface area contributed by atoms with Gasteiger partial charge in [-0.05, 0) is 18.0 Å². The Morgan fingerprint density at radius 3 is 2.50 bits per heavy atom. The van der Waals surface area contributed by atoms with E-state index in [4.69, 9.17) is 5.73 Å². The molecule has 0 radical (unpaired) electrons. The molecular weight excluding hydrogens is 321 g/mol. The molecular formula is C15H23Cl2N5. The average molecular weight is 344 g/mol. The number of hydrogen-bond donors (Lipinski definition) is 1. The summed E-state index contributed by atoms with van der Waals surface area (Å²) in [5.74, 6) is 2.05. The van der Waals surface area contributed by atoms with Gasteiger partial charge in [0, 0.05) is 26.1 Å². The summed E-state index contributed by atoms with van der Waals surface area (Å²) < 4.78 is 1.84. The first-order valence-corrected chi connectivity index (χ1v) is 7.08. The van der Waals surface area contributed by atoms with Crippen molar-refractivity contribution in [3.05, 3.63) is 48.0 Å². The number of rotatable bonds is 4. The third-order valence-corrected chi connectivity index (χ3v) is 4.22. The summed E-state index contributed by atoms with van der Waals surface area (Å²) in [7, 11) is 1.94. The fraction of sp³-hybridized carbons (Fsp3) is 0.467. The molecule has 0 aliphatic carbocycles. The Kier molecular flexibility index (Phi) is 7.29. The van der Waals surface area contributed by atoms with Crippen LogP contribution in [0.2, 0.25) is 0 Å². The average Bonchev–Trinajstić information content (AvgIpc) is 3.07. The molecule has 3 rings (SSSR count). The molecule has 1 fully saturated rings. The highest BCUT2D eigenvalue weighted by molar-refractivity contribution is 5.85. The monoisotopic (exact) mass is 343 g/mol. The van der Waals surface area contributed by atoms with Crippen molar-refractivity contribution in [3.63, 3.8) is 0 Å². The number of benzene rings is 1. The van der Waals surface area contributed by atoms with E-state index >= 15 is 0 Å². The highest BCUT2D eigenvalue weighted by atomic mass is 35.5. The van der Waals surface area contributed by atoms with E-state index in [1.807, 2.05) is 11.7 Å². The minimum atomic E-state index is 0. The molecule has 2 N–H and O–H groups in total. The van der Waals surface area contributed by atoms with Crippen molar-refractivity contribution in [1.82, 2.24) is 19.7 Å². The van der Waals surface area contributed by atoms with Crippen LogP contribution >= 0.6 is 24.8 Å². The zero-order chi connectivity index (χ0) is 13.9. The molecule has 1 aromatic carbocycles. The van der Waals surface area contributed by atoms with Crippen LogP contribution in [-0.2, 0) is 13.6 Å². The summed E-state index contributed by atoms with van der Waals surface area (Å²) in [6, 6.07) is 10.7. The number of nitrogens with zero attached hydrogens (tertiary/aromatic N) is 4. The maximum atomic E-state index is 5.97. The first-order chi connectivity index (χ1) is 9.78. The molecule has 0 amide bonds. The van der Waals surface area contributed by atoms with Crippen LogP contribution in [0.25, 0.3) is 0 Å². The fourth-order valence-electron chi connectivity index (χ4n) is 3.07. The summed E-state index contributed by atoms with van der Waals surface area (Å²) in [6.07, 6.45) is 1.61. The summed E-state index contributed by atoms with van der Waals surface area (Å²) in [6.45, 7) is 3.65. The van der Waals surface area contributed by atoms with Crippen LogP contribution in [0, 0.1) is 5.92 Å². The van der Waals surface area contributed by atoms with Crippen molar-refractivity contribution in [2.75, 3.05) is 19.6 Å². The van der Waals surface area contributed by atoms with Crippen molar-refractivity contribution >= 4 is 24.8 Å². The van der Waals surface area contributed by atoms with Crippen LogP contribution in [0.3, 0.4) is 0 Å². The fourth-order valence-corrected chi connectivity index (χ4v) is 3.07. The third kappa shape index (κ3) is 3.98. The zero-order valence-corrected chi connectivity index (χ0v) is 14.3. The SMILES string of the molecule is Cl.Cl.Cn1ncnc1CN1C[C@@H](CN)[C@H](c2ccccc2)C1. The van der Waals surface area contributed by atoms with Crippen molar-refractivity contribution < 1.29 is 0 Å². The molecule has 2 aromatic rings. The van der Waals surface area contributed by atoms with Crippen molar-refractivity contribution in [3.8, 4) is 0 Å². The standard InChI is InChI=1S/C15H21N5.2ClH/c1-19-15(17-11-18-19)10-20-8-13(7-16)14(9-20)12-5-3-2-4-6-12;;/h2-6,11,13-14H,7-10,16H2,1H3;2*1H/t13-,14+;;/m1../s1. The molecule has 0 saturated carbocycles. The number of hydrogen-bond acceptors (Lipinski definition) is 4. The van der Waals surface area contributed by atoms with Gasteiger partial charge in [0.25, 0.3) is 0 Å². The van der Waals surface area contributed by atoms with Crippen LogP contribution < -0.4 is 5.73 Å². The van der Waals surface area contributed by atoms with Crippen molar-refractivity contribution in [2.45, 2.75) is 12.5 Å². The highest BCUT2D eigenvalue weighted by Crippen LogP contribution is 2.32. The van der Waals surface area contributed by atoms with Gasteiger partial charge in [0.1, 0.15) is 12.2 Å². The van der Waals surface area contributed by atoms with Gasteiger partial charge >= 0.3 is 0 Å². The Labute approximate surface area is 143 Å². The molecule has 5 nitrogen and oxygen atoms in total. The lowest BCUT2D eigenvalue weighted by molar-refractivity contribution is 0.303. The van der Waals surface area contributed by atoms with Crippen molar-refractivity contribution in [1.29, 1.82) is 0 Å². The van der Waals surface area contributed by atoms with Gasteiger partial charge in [0.15, 0.2) is 0 Å². The Hall–Kier alpha value is -1.14. The Bertz CT molecular complexity index is 560. The highest BCUT2D eigenvalue weighted by Gasteiger charge is 2.33. The van der Waals surface area contributed by atoms with Gasteiger partial charge in [-0.2, -0.15) is 5.10 Å². The number of aromatic nitrogens is 3. The topological polar surface area (TPSA) is 60.0 Å². The van der Waals surface area contributed by atoms with E-state index in [1.54, 1.807) is 6.33 Å². The molecule has 0 unspecified atom stereocenters. The van der Waals surface area contributed by atoms with Crippen LogP contribution in [0.15, 0.2) is 36.7 Å². The van der Waals surface area contributed by atoms with Crippen LogP contribution in [-0.4, -0.2) is 39.3 Å². The molecule has 1 aromatic heterocycles. The molecule has 0 spiro atoms. The summed E-state index contributed by atoms with van der Waals surface area (Å²) in [5, 5.41) is 4.13. The van der Waals surface area contributed by atoms with Crippen molar-refractivity contribution in [2.24, 2.45) is 18.7 Å². The van der Waals surface area contributed by atoms with Crippen LogP contribution in [0.5, 0.6) is 0 Å². The van der Waals surface area contributed by atoms with Crippen LogP contribution in [0.4, 0.5) is 0 Å². The number of likely N-dealkylation sites (tertiary alicyclic amines) is 1. The molecule has 0 bridgehead atoms. The molecule has 2 atom stereocenters. The van der Waals surface area contributed by atoms with E-state index in [0.717, 1.165) is 32.0 Å². The summed E-state index contributed by atoms with van der Waals surface area (Å²) >= 11 is 0. The molecule has 122 valence electrons. The minimum Gasteiger partial charge on any atom is -0.330 e. The maximum Gasteiger partial charge on any atom is 0.140 e. The first kappa shape index (κ1) is 18.9. The predicted octanol–water partition coefficient (Wildman–Crippen LogP) is 1.83. The van der Waals surface area contributed by atoms with E-state index in [2.05, 4.69) is 45.3 Å². The van der Waals surface area contributed by atoms with Gasteiger partial charge in [0.2, 0.25) is 0 Å². The lowest BCUT2D eigenvalue weighted by atomic mass is 9.89. The number of aryl methyl sites for hydroxylation is 1. The van der Waals surface area contributed by atoms with Gasteiger partial charge < -0.3 is 5.73 Å². The van der Waals surface area contributed by atoms with E-state index < -0.39 is 0 Å². The Balaban J connectivity index is 0.00000121. The Morgan fingerprint density at radius 1 is 1.18 bits per heavy atom. The van der Waals surface area contributed by atoms with E-state index in [1.165, 1.54) is 5.56 Å². The molecule has 2 heterocycles. The Morgan fingerprint density at radius 2 is 1.91 bits per heavy atom. The smallest absolute Gasteiger partial charge is 0.140 e. The lowest BCUT2D eigenvalue weighted by Gasteiger charge is -2.16. The predicted molar refractivity (Wildman–Crippen MR) is 92.5 cm³/mol.